The second-order valence-electron chi connectivity index (χ2n) is 6.63. The number of aliphatic imine (C=N–C) groups is 1. The van der Waals surface area contributed by atoms with Gasteiger partial charge < -0.3 is 15.5 Å². The first-order valence-electron chi connectivity index (χ1n) is 9.24. The summed E-state index contributed by atoms with van der Waals surface area (Å²) in [5.41, 5.74) is 9.28. The van der Waals surface area contributed by atoms with Crippen LogP contribution in [0.1, 0.15) is 5.69 Å². The van der Waals surface area contributed by atoms with E-state index in [-0.39, 0.29) is 29.8 Å². The Morgan fingerprint density at radius 3 is 2.41 bits per heavy atom. The average Bonchev–Trinajstić information content (AvgIpc) is 3.22. The molecule has 0 aliphatic carbocycles. The second-order valence-corrected chi connectivity index (χ2v) is 7.49. The molecule has 0 amide bonds. The van der Waals surface area contributed by atoms with Crippen molar-refractivity contribution in [2.75, 3.05) is 31.1 Å². The van der Waals surface area contributed by atoms with Crippen LogP contribution < -0.4 is 10.6 Å². The number of halogens is 2. The second kappa shape index (κ2) is 10.0. The number of hydrogen-bond donors (Lipinski definition) is 1. The Morgan fingerprint density at radius 2 is 1.72 bits per heavy atom. The van der Waals surface area contributed by atoms with E-state index < -0.39 is 0 Å². The molecule has 0 bridgehead atoms. The van der Waals surface area contributed by atoms with Gasteiger partial charge in [0.25, 0.3) is 0 Å². The van der Waals surface area contributed by atoms with Crippen LogP contribution in [-0.4, -0.2) is 42.0 Å². The van der Waals surface area contributed by atoms with Crippen molar-refractivity contribution in [3.63, 3.8) is 0 Å². The first kappa shape index (κ1) is 21.5. The van der Waals surface area contributed by atoms with Crippen molar-refractivity contribution >= 4 is 47.0 Å². The van der Waals surface area contributed by atoms with Gasteiger partial charge >= 0.3 is 0 Å². The molecule has 5 nitrogen and oxygen atoms in total. The van der Waals surface area contributed by atoms with E-state index in [0.717, 1.165) is 48.1 Å². The van der Waals surface area contributed by atoms with Crippen LogP contribution in [0.4, 0.5) is 10.1 Å². The number of hydrogen-bond acceptors (Lipinski definition) is 4. The van der Waals surface area contributed by atoms with E-state index in [1.165, 1.54) is 12.1 Å². The molecule has 4 rings (SSSR count). The molecule has 0 saturated carbocycles. The third-order valence-corrected chi connectivity index (χ3v) is 5.71. The number of rotatable bonds is 4. The molecule has 1 aliphatic rings. The van der Waals surface area contributed by atoms with Gasteiger partial charge in [-0.3, -0.25) is 0 Å². The van der Waals surface area contributed by atoms with Crippen molar-refractivity contribution in [1.29, 1.82) is 0 Å². The minimum absolute atomic E-state index is 0. The smallest absolute Gasteiger partial charge is 0.191 e. The molecule has 1 aromatic heterocycles. The molecule has 3 aromatic rings. The summed E-state index contributed by atoms with van der Waals surface area (Å²) < 4.78 is 13.1. The minimum Gasteiger partial charge on any atom is -0.370 e. The van der Waals surface area contributed by atoms with Crippen LogP contribution in [0.25, 0.3) is 10.6 Å². The van der Waals surface area contributed by atoms with Crippen LogP contribution in [0, 0.1) is 5.82 Å². The zero-order valence-corrected chi connectivity index (χ0v) is 19.0. The van der Waals surface area contributed by atoms with Gasteiger partial charge in [-0.05, 0) is 24.3 Å². The van der Waals surface area contributed by atoms with E-state index >= 15 is 0 Å². The molecule has 0 unspecified atom stereocenters. The van der Waals surface area contributed by atoms with E-state index in [1.807, 2.05) is 35.7 Å². The van der Waals surface area contributed by atoms with Crippen LogP contribution in [0.15, 0.2) is 65.0 Å². The van der Waals surface area contributed by atoms with Crippen molar-refractivity contribution in [2.45, 2.75) is 6.54 Å². The summed E-state index contributed by atoms with van der Waals surface area (Å²) in [5.74, 6) is 0.337. The fraction of sp³-hybridized carbons (Fsp3) is 0.238. The topological polar surface area (TPSA) is 57.8 Å². The predicted molar refractivity (Wildman–Crippen MR) is 128 cm³/mol. The average molecular weight is 523 g/mol. The molecule has 1 fully saturated rings. The molecule has 1 aliphatic heterocycles. The van der Waals surface area contributed by atoms with Gasteiger partial charge in [0.05, 0.1) is 12.2 Å². The molecule has 2 heterocycles. The molecule has 0 radical (unpaired) electrons. The minimum atomic E-state index is -0.212. The summed E-state index contributed by atoms with van der Waals surface area (Å²) in [6.07, 6.45) is 0. The van der Waals surface area contributed by atoms with Gasteiger partial charge in [0, 0.05) is 42.8 Å². The Balaban J connectivity index is 0.00000240. The summed E-state index contributed by atoms with van der Waals surface area (Å²) in [6, 6.07) is 16.8. The molecule has 29 heavy (non-hydrogen) atoms. The molecule has 2 aromatic carbocycles. The van der Waals surface area contributed by atoms with Crippen LogP contribution >= 0.6 is 35.3 Å². The summed E-state index contributed by atoms with van der Waals surface area (Å²) in [4.78, 5) is 13.5. The molecular formula is C21H23FIN5S. The van der Waals surface area contributed by atoms with Crippen molar-refractivity contribution in [3.05, 3.63) is 71.5 Å². The van der Waals surface area contributed by atoms with E-state index in [0.29, 0.717) is 12.5 Å². The van der Waals surface area contributed by atoms with Crippen molar-refractivity contribution < 1.29 is 4.39 Å². The predicted octanol–water partition coefficient (Wildman–Crippen LogP) is 4.20. The van der Waals surface area contributed by atoms with Crippen LogP contribution in [0.5, 0.6) is 0 Å². The molecule has 8 heteroatoms. The van der Waals surface area contributed by atoms with E-state index in [1.54, 1.807) is 11.3 Å². The van der Waals surface area contributed by atoms with Crippen LogP contribution in [0.3, 0.4) is 0 Å². The monoisotopic (exact) mass is 523 g/mol. The molecule has 2 N–H and O–H groups in total. The summed E-state index contributed by atoms with van der Waals surface area (Å²) in [6.45, 7) is 3.72. The van der Waals surface area contributed by atoms with Crippen molar-refractivity contribution in [3.8, 4) is 10.6 Å². The maximum atomic E-state index is 13.1. The maximum Gasteiger partial charge on any atom is 0.191 e. The highest BCUT2D eigenvalue weighted by molar-refractivity contribution is 14.0. The number of nitrogens with zero attached hydrogens (tertiary/aromatic N) is 4. The number of anilines is 1. The number of thiazole rings is 1. The van der Waals surface area contributed by atoms with Gasteiger partial charge in [0.1, 0.15) is 10.8 Å². The van der Waals surface area contributed by atoms with E-state index in [2.05, 4.69) is 31.9 Å². The third-order valence-electron chi connectivity index (χ3n) is 4.77. The molecule has 0 atom stereocenters. The first-order valence-corrected chi connectivity index (χ1v) is 10.1. The normalized spacial score (nSPS) is 14.6. The van der Waals surface area contributed by atoms with Gasteiger partial charge in [-0.2, -0.15) is 0 Å². The quantitative estimate of drug-likeness (QED) is 0.317. The largest absolute Gasteiger partial charge is 0.370 e. The first-order chi connectivity index (χ1) is 13.7. The summed E-state index contributed by atoms with van der Waals surface area (Å²) >= 11 is 1.62. The van der Waals surface area contributed by atoms with Crippen LogP contribution in [-0.2, 0) is 6.54 Å². The standard InChI is InChI=1S/C21H22FN5S.HI/c22-17-6-8-19(9-7-17)26-10-12-27(13-11-26)21(23)24-14-18-15-28-20(25-18)16-4-2-1-3-5-16;/h1-9,15H,10-14H2,(H2,23,24);1H. The van der Waals surface area contributed by atoms with Gasteiger partial charge in [0.2, 0.25) is 0 Å². The van der Waals surface area contributed by atoms with Gasteiger partial charge in [-0.1, -0.05) is 30.3 Å². The van der Waals surface area contributed by atoms with E-state index in [9.17, 15) is 4.39 Å². The lowest BCUT2D eigenvalue weighted by atomic mass is 10.2. The Hall–Kier alpha value is -2.20. The summed E-state index contributed by atoms with van der Waals surface area (Å²) in [7, 11) is 0. The number of nitrogens with two attached hydrogens (primary N) is 1. The van der Waals surface area contributed by atoms with Crippen molar-refractivity contribution in [2.24, 2.45) is 10.7 Å². The molecule has 1 saturated heterocycles. The molecule has 152 valence electrons. The Bertz CT molecular complexity index is 937. The van der Waals surface area contributed by atoms with Gasteiger partial charge in [0.15, 0.2) is 5.96 Å². The molecule has 0 spiro atoms. The summed E-state index contributed by atoms with van der Waals surface area (Å²) in [5, 5.41) is 3.03. The number of aromatic nitrogens is 1. The number of piperazine rings is 1. The lowest BCUT2D eigenvalue weighted by Crippen LogP contribution is -2.51. The number of benzene rings is 2. The van der Waals surface area contributed by atoms with Gasteiger partial charge in [-0.15, -0.1) is 35.3 Å². The Labute approximate surface area is 191 Å². The Morgan fingerprint density at radius 1 is 1.03 bits per heavy atom. The zero-order chi connectivity index (χ0) is 19.3. The lowest BCUT2D eigenvalue weighted by Gasteiger charge is -2.36. The SMILES string of the molecule is I.NC(=NCc1csc(-c2ccccc2)n1)N1CCN(c2ccc(F)cc2)CC1. The highest BCUT2D eigenvalue weighted by atomic mass is 127. The van der Waals surface area contributed by atoms with Crippen molar-refractivity contribution in [1.82, 2.24) is 9.88 Å². The lowest BCUT2D eigenvalue weighted by molar-refractivity contribution is 0.380. The van der Waals surface area contributed by atoms with Crippen LogP contribution in [0.2, 0.25) is 0 Å². The highest BCUT2D eigenvalue weighted by Gasteiger charge is 2.18. The maximum absolute atomic E-state index is 13.1. The zero-order valence-electron chi connectivity index (χ0n) is 15.9. The van der Waals surface area contributed by atoms with E-state index in [4.69, 9.17) is 5.73 Å². The number of guanidine groups is 1. The molecular weight excluding hydrogens is 500 g/mol. The fourth-order valence-corrected chi connectivity index (χ4v) is 4.02. The van der Waals surface area contributed by atoms with Gasteiger partial charge in [-0.25, -0.2) is 14.4 Å². The third kappa shape index (κ3) is 5.45. The Kier molecular flexibility index (Phi) is 7.43. The highest BCUT2D eigenvalue weighted by Crippen LogP contribution is 2.23. The fourth-order valence-electron chi connectivity index (χ4n) is 3.20.